The molecule has 0 spiro atoms. The highest BCUT2D eigenvalue weighted by Gasteiger charge is 2.05. The second-order valence-corrected chi connectivity index (χ2v) is 4.95. The van der Waals surface area contributed by atoms with E-state index < -0.39 is 0 Å². The maximum Gasteiger partial charge on any atom is 0.177 e. The summed E-state index contributed by atoms with van der Waals surface area (Å²) in [5, 5.41) is 23.2. The number of hydrogen-bond acceptors (Lipinski definition) is 4. The van der Waals surface area contributed by atoms with E-state index in [0.717, 1.165) is 37.1 Å². The number of oxime groups is 2. The first-order chi connectivity index (χ1) is 10.8. The molecule has 0 amide bonds. The molecule has 0 unspecified atom stereocenters. The van der Waals surface area contributed by atoms with Crippen molar-refractivity contribution in [3.05, 3.63) is 60.2 Å². The molecule has 0 atom stereocenters. The first-order valence-electron chi connectivity index (χ1n) is 7.15. The summed E-state index contributed by atoms with van der Waals surface area (Å²) in [5.74, 6) is 0. The molecule has 0 saturated heterocycles. The predicted molar refractivity (Wildman–Crippen MR) is 81.3 cm³/mol. The zero-order chi connectivity index (χ0) is 15.6. The fourth-order valence-corrected chi connectivity index (χ4v) is 2.24. The van der Waals surface area contributed by atoms with Crippen LogP contribution in [-0.2, 0) is 13.1 Å². The minimum Gasteiger partial charge on any atom is -1.00 e. The zero-order valence-corrected chi connectivity index (χ0v) is 16.2. The van der Waals surface area contributed by atoms with Gasteiger partial charge in [-0.2, -0.15) is 0 Å². The minimum absolute atomic E-state index is 0. The molecule has 0 aromatic carbocycles. The van der Waals surface area contributed by atoms with Crippen LogP contribution in [0.2, 0.25) is 0 Å². The van der Waals surface area contributed by atoms with E-state index in [1.54, 1.807) is 0 Å². The van der Waals surface area contributed by atoms with Crippen LogP contribution < -0.4 is 43.1 Å². The Hall–Kier alpha value is -1.80. The molecular formula is C16H20Br2N4O2. The maximum absolute atomic E-state index is 8.54. The third-order valence-electron chi connectivity index (χ3n) is 3.26. The third kappa shape index (κ3) is 7.65. The van der Waals surface area contributed by atoms with Gasteiger partial charge in [-0.15, -0.1) is 0 Å². The molecule has 0 radical (unpaired) electrons. The average molecular weight is 460 g/mol. The molecule has 2 heterocycles. The highest BCUT2D eigenvalue weighted by Crippen LogP contribution is 1.95. The first-order valence-corrected chi connectivity index (χ1v) is 7.15. The standard InChI is InChI=1S/C16H18N4O2.2BrH/c21-17-11-15-5-3-9-19(13-15)7-1-2-8-20-10-4-6-16(14-20)12-18-22;;/h3-6,9-14H,1-2,7-8H2;2*1H/b17-11+,18-12+;;. The van der Waals surface area contributed by atoms with Crippen LogP contribution in [0.15, 0.2) is 59.4 Å². The lowest BCUT2D eigenvalue weighted by Crippen LogP contribution is -3.00. The molecule has 8 heteroatoms. The Morgan fingerprint density at radius 1 is 0.792 bits per heavy atom. The van der Waals surface area contributed by atoms with Crippen LogP contribution >= 0.6 is 0 Å². The van der Waals surface area contributed by atoms with Crippen LogP contribution in [-0.4, -0.2) is 22.8 Å². The van der Waals surface area contributed by atoms with Crippen LogP contribution in [0.5, 0.6) is 0 Å². The topological polar surface area (TPSA) is 72.9 Å². The molecule has 6 nitrogen and oxygen atoms in total. The molecule has 2 aromatic rings. The first kappa shape index (κ1) is 22.2. The Bertz CT molecular complexity index is 609. The molecule has 2 N–H and O–H groups in total. The second-order valence-electron chi connectivity index (χ2n) is 4.95. The Balaban J connectivity index is 0.00000264. The third-order valence-corrected chi connectivity index (χ3v) is 3.26. The van der Waals surface area contributed by atoms with Crippen molar-refractivity contribution in [1.29, 1.82) is 0 Å². The lowest BCUT2D eigenvalue weighted by atomic mass is 10.2. The number of hydrogen-bond donors (Lipinski definition) is 2. The van der Waals surface area contributed by atoms with Crippen molar-refractivity contribution in [2.75, 3.05) is 0 Å². The maximum atomic E-state index is 8.54. The van der Waals surface area contributed by atoms with Crippen molar-refractivity contribution in [3.63, 3.8) is 0 Å². The molecule has 2 rings (SSSR count). The van der Waals surface area contributed by atoms with Gasteiger partial charge in [-0.1, -0.05) is 10.3 Å². The molecule has 2 aromatic heterocycles. The van der Waals surface area contributed by atoms with Gasteiger partial charge in [0.25, 0.3) is 0 Å². The van der Waals surface area contributed by atoms with Gasteiger partial charge in [0.15, 0.2) is 24.8 Å². The lowest BCUT2D eigenvalue weighted by Gasteiger charge is -1.99. The highest BCUT2D eigenvalue weighted by atomic mass is 79.9. The Labute approximate surface area is 162 Å². The van der Waals surface area contributed by atoms with E-state index >= 15 is 0 Å². The molecule has 0 aliphatic heterocycles. The van der Waals surface area contributed by atoms with Gasteiger partial charge in [-0.3, -0.25) is 0 Å². The van der Waals surface area contributed by atoms with E-state index in [1.165, 1.54) is 12.4 Å². The molecule has 130 valence electrons. The Morgan fingerprint density at radius 2 is 1.21 bits per heavy atom. The molecule has 0 saturated carbocycles. The molecule has 0 aliphatic carbocycles. The van der Waals surface area contributed by atoms with Crippen molar-refractivity contribution in [2.45, 2.75) is 25.9 Å². The average Bonchev–Trinajstić information content (AvgIpc) is 2.53. The summed E-state index contributed by atoms with van der Waals surface area (Å²) in [7, 11) is 0. The van der Waals surface area contributed by atoms with Crippen molar-refractivity contribution < 1.29 is 53.5 Å². The van der Waals surface area contributed by atoms with Crippen LogP contribution in [0.3, 0.4) is 0 Å². The zero-order valence-electron chi connectivity index (χ0n) is 13.0. The summed E-state index contributed by atoms with van der Waals surface area (Å²) < 4.78 is 4.16. The van der Waals surface area contributed by atoms with E-state index in [0.29, 0.717) is 0 Å². The number of unbranched alkanes of at least 4 members (excludes halogenated alkanes) is 1. The van der Waals surface area contributed by atoms with Gasteiger partial charge in [0.05, 0.1) is 23.6 Å². The summed E-state index contributed by atoms with van der Waals surface area (Å²) in [6, 6.07) is 7.65. The fraction of sp³-hybridized carbons (Fsp3) is 0.250. The summed E-state index contributed by atoms with van der Waals surface area (Å²) in [4.78, 5) is 0. The van der Waals surface area contributed by atoms with E-state index in [1.807, 2.05) is 49.1 Å². The second kappa shape index (κ2) is 12.6. The van der Waals surface area contributed by atoms with Crippen LogP contribution in [0.25, 0.3) is 0 Å². The quantitative estimate of drug-likeness (QED) is 0.144. The lowest BCUT2D eigenvalue weighted by molar-refractivity contribution is -0.708. The number of nitrogens with zero attached hydrogens (tertiary/aromatic N) is 4. The van der Waals surface area contributed by atoms with Crippen molar-refractivity contribution in [1.82, 2.24) is 0 Å². The summed E-state index contributed by atoms with van der Waals surface area (Å²) in [5.41, 5.74) is 1.74. The summed E-state index contributed by atoms with van der Waals surface area (Å²) >= 11 is 0. The van der Waals surface area contributed by atoms with E-state index in [4.69, 9.17) is 10.4 Å². The smallest absolute Gasteiger partial charge is 0.177 e. The van der Waals surface area contributed by atoms with Gasteiger partial charge in [-0.05, 0) is 12.1 Å². The van der Waals surface area contributed by atoms with Crippen LogP contribution in [0, 0.1) is 0 Å². The fourth-order valence-electron chi connectivity index (χ4n) is 2.24. The van der Waals surface area contributed by atoms with E-state index in [9.17, 15) is 0 Å². The van der Waals surface area contributed by atoms with E-state index in [2.05, 4.69) is 19.4 Å². The van der Waals surface area contributed by atoms with Gasteiger partial charge in [0.2, 0.25) is 0 Å². The Kier molecular flexibility index (Phi) is 11.7. The summed E-state index contributed by atoms with van der Waals surface area (Å²) in [6.45, 7) is 1.82. The van der Waals surface area contributed by atoms with Crippen molar-refractivity contribution >= 4 is 12.4 Å². The molecule has 24 heavy (non-hydrogen) atoms. The SMILES string of the molecule is O/N=C/c1ccc[n+](CCCC[n+]2cccc(/C=N/O)c2)c1.[Br-].[Br-]. The number of aryl methyl sites for hydroxylation is 2. The number of aromatic nitrogens is 2. The molecule has 0 fully saturated rings. The van der Waals surface area contributed by atoms with Crippen LogP contribution in [0.4, 0.5) is 0 Å². The van der Waals surface area contributed by atoms with Gasteiger partial charge >= 0.3 is 0 Å². The monoisotopic (exact) mass is 458 g/mol. The molecular weight excluding hydrogens is 440 g/mol. The largest absolute Gasteiger partial charge is 1.00 e. The molecule has 0 aliphatic rings. The van der Waals surface area contributed by atoms with Gasteiger partial charge in [0.1, 0.15) is 13.1 Å². The van der Waals surface area contributed by atoms with Crippen molar-refractivity contribution in [2.24, 2.45) is 10.3 Å². The van der Waals surface area contributed by atoms with Gasteiger partial charge < -0.3 is 44.4 Å². The predicted octanol–water partition coefficient (Wildman–Crippen LogP) is -4.63. The minimum atomic E-state index is 0. The van der Waals surface area contributed by atoms with E-state index in [-0.39, 0.29) is 34.0 Å². The number of pyridine rings is 2. The normalized spacial score (nSPS) is 10.5. The Morgan fingerprint density at radius 3 is 1.58 bits per heavy atom. The van der Waals surface area contributed by atoms with Gasteiger partial charge in [0, 0.05) is 25.0 Å². The highest BCUT2D eigenvalue weighted by molar-refractivity contribution is 5.78. The van der Waals surface area contributed by atoms with Gasteiger partial charge in [-0.25, -0.2) is 9.13 Å². The molecule has 0 bridgehead atoms. The van der Waals surface area contributed by atoms with Crippen LogP contribution in [0.1, 0.15) is 24.0 Å². The number of halogens is 2. The van der Waals surface area contributed by atoms with Crippen molar-refractivity contribution in [3.8, 4) is 0 Å². The summed E-state index contributed by atoms with van der Waals surface area (Å²) in [6.07, 6.45) is 12.8. The number of rotatable bonds is 7.